The van der Waals surface area contributed by atoms with Crippen LogP contribution < -0.4 is 10.6 Å². The molecule has 0 unspecified atom stereocenters. The zero-order chi connectivity index (χ0) is 16.6. The van der Waals surface area contributed by atoms with Gasteiger partial charge in [-0.1, -0.05) is 18.2 Å². The molecule has 3 rings (SSSR count). The highest BCUT2D eigenvalue weighted by Gasteiger charge is 2.03. The number of benzene rings is 1. The minimum Gasteiger partial charge on any atom is -0.357 e. The molecule has 134 valence electrons. The standard InChI is InChI=1S/C17H21N5S2.HI/c1-2-18-16(19-8-10-23-15-6-4-3-5-7-15)20-12-14-13-22-9-11-24-17(22)21-14;/h3-7,9,11,13H,2,8,10,12H2,1H3,(H2,18,19,20);1H. The molecule has 0 bridgehead atoms. The molecule has 2 heterocycles. The molecule has 0 aliphatic rings. The maximum Gasteiger partial charge on any atom is 0.193 e. The molecule has 0 saturated carbocycles. The second-order valence-electron chi connectivity index (χ2n) is 5.11. The third-order valence-corrected chi connectivity index (χ3v) is 5.08. The largest absolute Gasteiger partial charge is 0.357 e. The van der Waals surface area contributed by atoms with Gasteiger partial charge in [-0.25, -0.2) is 9.98 Å². The van der Waals surface area contributed by atoms with E-state index in [0.717, 1.165) is 35.5 Å². The Bertz CT molecular complexity index is 756. The third kappa shape index (κ3) is 6.19. The molecule has 3 aromatic rings. The summed E-state index contributed by atoms with van der Waals surface area (Å²) in [6.45, 7) is 4.36. The van der Waals surface area contributed by atoms with E-state index in [9.17, 15) is 0 Å². The number of fused-ring (bicyclic) bond motifs is 1. The number of nitrogens with one attached hydrogen (secondary N) is 2. The predicted molar refractivity (Wildman–Crippen MR) is 118 cm³/mol. The van der Waals surface area contributed by atoms with Crippen LogP contribution in [0.3, 0.4) is 0 Å². The van der Waals surface area contributed by atoms with Gasteiger partial charge >= 0.3 is 0 Å². The van der Waals surface area contributed by atoms with E-state index in [2.05, 4.69) is 51.8 Å². The summed E-state index contributed by atoms with van der Waals surface area (Å²) >= 11 is 3.48. The summed E-state index contributed by atoms with van der Waals surface area (Å²) in [5.41, 5.74) is 0.984. The van der Waals surface area contributed by atoms with Crippen molar-refractivity contribution in [2.45, 2.75) is 18.4 Å². The van der Waals surface area contributed by atoms with Crippen molar-refractivity contribution in [1.82, 2.24) is 20.0 Å². The number of aromatic nitrogens is 2. The van der Waals surface area contributed by atoms with Crippen LogP contribution >= 0.6 is 47.1 Å². The normalized spacial score (nSPS) is 11.3. The molecular formula is C17H22IN5S2. The molecule has 0 saturated heterocycles. The first-order valence-electron chi connectivity index (χ1n) is 7.96. The lowest BCUT2D eigenvalue weighted by molar-refractivity contribution is 0.839. The van der Waals surface area contributed by atoms with E-state index in [-0.39, 0.29) is 24.0 Å². The minimum absolute atomic E-state index is 0. The van der Waals surface area contributed by atoms with E-state index in [4.69, 9.17) is 0 Å². The fraction of sp³-hybridized carbons (Fsp3) is 0.294. The number of rotatable bonds is 7. The van der Waals surface area contributed by atoms with Crippen molar-refractivity contribution in [3.63, 3.8) is 0 Å². The van der Waals surface area contributed by atoms with Gasteiger partial charge in [0.25, 0.3) is 0 Å². The van der Waals surface area contributed by atoms with E-state index in [0.29, 0.717) is 6.54 Å². The Hall–Kier alpha value is -1.26. The smallest absolute Gasteiger partial charge is 0.193 e. The minimum atomic E-state index is 0. The Labute approximate surface area is 173 Å². The Morgan fingerprint density at radius 2 is 2.12 bits per heavy atom. The monoisotopic (exact) mass is 487 g/mol. The molecular weight excluding hydrogens is 465 g/mol. The molecule has 0 spiro atoms. The summed E-state index contributed by atoms with van der Waals surface area (Å²) in [6.07, 6.45) is 4.05. The van der Waals surface area contributed by atoms with Gasteiger partial charge in [-0.2, -0.15) is 0 Å². The summed E-state index contributed by atoms with van der Waals surface area (Å²) in [6, 6.07) is 10.4. The van der Waals surface area contributed by atoms with Crippen LogP contribution in [0.2, 0.25) is 0 Å². The summed E-state index contributed by atoms with van der Waals surface area (Å²) < 4.78 is 2.03. The number of hydrogen-bond acceptors (Lipinski definition) is 4. The molecule has 0 aliphatic carbocycles. The molecule has 25 heavy (non-hydrogen) atoms. The number of hydrogen-bond donors (Lipinski definition) is 2. The molecule has 0 atom stereocenters. The molecule has 0 radical (unpaired) electrons. The lowest BCUT2D eigenvalue weighted by Crippen LogP contribution is -2.38. The summed E-state index contributed by atoms with van der Waals surface area (Å²) in [5, 5.41) is 8.68. The van der Waals surface area contributed by atoms with Crippen molar-refractivity contribution < 1.29 is 0 Å². The molecule has 2 N–H and O–H groups in total. The van der Waals surface area contributed by atoms with Crippen molar-refractivity contribution in [3.8, 4) is 0 Å². The van der Waals surface area contributed by atoms with Crippen molar-refractivity contribution in [2.24, 2.45) is 4.99 Å². The van der Waals surface area contributed by atoms with Crippen molar-refractivity contribution in [2.75, 3.05) is 18.8 Å². The number of imidazole rings is 1. The Kier molecular flexibility index (Phi) is 8.56. The quantitative estimate of drug-likeness (QED) is 0.175. The number of nitrogens with zero attached hydrogens (tertiary/aromatic N) is 3. The van der Waals surface area contributed by atoms with Crippen LogP contribution in [0, 0.1) is 0 Å². The van der Waals surface area contributed by atoms with E-state index in [1.807, 2.05) is 40.0 Å². The van der Waals surface area contributed by atoms with Crippen LogP contribution in [0.5, 0.6) is 0 Å². The van der Waals surface area contributed by atoms with E-state index in [1.54, 1.807) is 11.3 Å². The zero-order valence-electron chi connectivity index (χ0n) is 14.0. The molecule has 0 amide bonds. The van der Waals surface area contributed by atoms with Gasteiger partial charge in [-0.3, -0.25) is 4.40 Å². The van der Waals surface area contributed by atoms with Crippen LogP contribution in [-0.4, -0.2) is 34.2 Å². The SMILES string of the molecule is CCNC(=NCc1cn2ccsc2n1)NCCSc1ccccc1.I. The molecule has 2 aromatic heterocycles. The third-order valence-electron chi connectivity index (χ3n) is 3.29. The second-order valence-corrected chi connectivity index (χ2v) is 7.15. The molecule has 0 fully saturated rings. The number of aliphatic imine (C=N–C) groups is 1. The number of thioether (sulfide) groups is 1. The summed E-state index contributed by atoms with van der Waals surface area (Å²) in [7, 11) is 0. The molecule has 1 aromatic carbocycles. The van der Waals surface area contributed by atoms with Gasteiger partial charge in [0.05, 0.1) is 12.2 Å². The Morgan fingerprint density at radius 1 is 1.28 bits per heavy atom. The van der Waals surface area contributed by atoms with Crippen LogP contribution in [0.4, 0.5) is 0 Å². The predicted octanol–water partition coefficient (Wildman–Crippen LogP) is 3.86. The van der Waals surface area contributed by atoms with Crippen LogP contribution in [0.15, 0.2) is 58.0 Å². The Balaban J connectivity index is 0.00000225. The first kappa shape index (κ1) is 20.1. The second kappa shape index (κ2) is 10.7. The van der Waals surface area contributed by atoms with E-state index in [1.165, 1.54) is 4.90 Å². The first-order valence-corrected chi connectivity index (χ1v) is 9.83. The highest BCUT2D eigenvalue weighted by atomic mass is 127. The first-order chi connectivity index (χ1) is 11.8. The number of thiazole rings is 1. The van der Waals surface area contributed by atoms with Crippen LogP contribution in [-0.2, 0) is 6.54 Å². The fourth-order valence-electron chi connectivity index (χ4n) is 2.21. The number of halogens is 1. The van der Waals surface area contributed by atoms with E-state index >= 15 is 0 Å². The van der Waals surface area contributed by atoms with E-state index < -0.39 is 0 Å². The lowest BCUT2D eigenvalue weighted by Gasteiger charge is -2.10. The maximum atomic E-state index is 4.62. The van der Waals surface area contributed by atoms with Gasteiger partial charge < -0.3 is 10.6 Å². The van der Waals surface area contributed by atoms with Crippen LogP contribution in [0.1, 0.15) is 12.6 Å². The molecule has 8 heteroatoms. The van der Waals surface area contributed by atoms with Gasteiger partial charge in [-0.05, 0) is 19.1 Å². The maximum absolute atomic E-state index is 4.62. The lowest BCUT2D eigenvalue weighted by atomic mass is 10.4. The number of guanidine groups is 1. The molecule has 5 nitrogen and oxygen atoms in total. The van der Waals surface area contributed by atoms with Crippen LogP contribution in [0.25, 0.3) is 4.96 Å². The van der Waals surface area contributed by atoms with Crippen molar-refractivity contribution in [3.05, 3.63) is 53.8 Å². The average Bonchev–Trinajstić information content (AvgIpc) is 3.19. The summed E-state index contributed by atoms with van der Waals surface area (Å²) in [4.78, 5) is 11.5. The van der Waals surface area contributed by atoms with Crippen molar-refractivity contribution in [1.29, 1.82) is 0 Å². The Morgan fingerprint density at radius 3 is 2.88 bits per heavy atom. The van der Waals surface area contributed by atoms with Gasteiger partial charge in [0.1, 0.15) is 0 Å². The van der Waals surface area contributed by atoms with Gasteiger partial charge in [-0.15, -0.1) is 47.1 Å². The topological polar surface area (TPSA) is 53.7 Å². The summed E-state index contributed by atoms with van der Waals surface area (Å²) in [5.74, 6) is 1.83. The zero-order valence-corrected chi connectivity index (χ0v) is 18.0. The fourth-order valence-corrected chi connectivity index (χ4v) is 3.72. The van der Waals surface area contributed by atoms with Gasteiger partial charge in [0.2, 0.25) is 0 Å². The highest BCUT2D eigenvalue weighted by Crippen LogP contribution is 2.15. The van der Waals surface area contributed by atoms with Gasteiger partial charge in [0.15, 0.2) is 10.9 Å². The molecule has 0 aliphatic heterocycles. The highest BCUT2D eigenvalue weighted by molar-refractivity contribution is 14.0. The average molecular weight is 487 g/mol. The van der Waals surface area contributed by atoms with Gasteiger partial charge in [0, 0.05) is 41.5 Å². The van der Waals surface area contributed by atoms with Crippen molar-refractivity contribution >= 4 is 58.0 Å².